The van der Waals surface area contributed by atoms with Crippen molar-refractivity contribution >= 4 is 11.8 Å². The van der Waals surface area contributed by atoms with Gasteiger partial charge in [-0.2, -0.15) is 0 Å². The van der Waals surface area contributed by atoms with Gasteiger partial charge in [0.05, 0.1) is 17.1 Å². The van der Waals surface area contributed by atoms with Gasteiger partial charge in [0.25, 0.3) is 0 Å². The zero-order valence-corrected chi connectivity index (χ0v) is 11.9. The molecule has 102 valence electrons. The van der Waals surface area contributed by atoms with Crippen molar-refractivity contribution in [3.8, 4) is 11.5 Å². The summed E-state index contributed by atoms with van der Waals surface area (Å²) in [6.07, 6.45) is 1.71. The Hall–Kier alpha value is -2.01. The Kier molecular flexibility index (Phi) is 3.87. The Labute approximate surface area is 121 Å². The van der Waals surface area contributed by atoms with Crippen molar-refractivity contribution in [1.29, 1.82) is 0 Å². The van der Waals surface area contributed by atoms with Gasteiger partial charge in [-0.3, -0.25) is 0 Å². The van der Waals surface area contributed by atoms with Crippen LogP contribution in [0.2, 0.25) is 0 Å². The molecule has 2 heterocycles. The number of oxazole rings is 1. The van der Waals surface area contributed by atoms with Crippen LogP contribution in [0.1, 0.15) is 17.1 Å². The quantitative estimate of drug-likeness (QED) is 0.707. The lowest BCUT2D eigenvalue weighted by Gasteiger charge is -1.94. The van der Waals surface area contributed by atoms with Crippen molar-refractivity contribution in [2.75, 3.05) is 0 Å². The minimum atomic E-state index is 0.664. The molecule has 0 amide bonds. The van der Waals surface area contributed by atoms with Gasteiger partial charge >= 0.3 is 0 Å². The summed E-state index contributed by atoms with van der Waals surface area (Å²) >= 11 is 1.73. The Morgan fingerprint density at radius 3 is 2.75 bits per heavy atom. The maximum atomic E-state index is 5.50. The molecule has 0 bridgehead atoms. The Balaban J connectivity index is 1.58. The van der Waals surface area contributed by atoms with E-state index < -0.39 is 0 Å². The number of aromatic nitrogens is 2. The molecule has 2 aromatic heterocycles. The summed E-state index contributed by atoms with van der Waals surface area (Å²) in [5.41, 5.74) is 2.84. The van der Waals surface area contributed by atoms with Gasteiger partial charge in [-0.15, -0.1) is 11.8 Å². The van der Waals surface area contributed by atoms with E-state index in [0.717, 1.165) is 34.2 Å². The van der Waals surface area contributed by atoms with Gasteiger partial charge < -0.3 is 8.94 Å². The molecule has 0 aliphatic rings. The van der Waals surface area contributed by atoms with Crippen molar-refractivity contribution in [2.24, 2.45) is 0 Å². The maximum absolute atomic E-state index is 5.50. The predicted molar refractivity (Wildman–Crippen MR) is 78.2 cm³/mol. The van der Waals surface area contributed by atoms with Gasteiger partial charge in [-0.25, -0.2) is 4.98 Å². The van der Waals surface area contributed by atoms with Crippen molar-refractivity contribution in [1.82, 2.24) is 10.1 Å². The third kappa shape index (κ3) is 3.11. The molecular weight excluding hydrogens is 272 g/mol. The lowest BCUT2D eigenvalue weighted by Crippen LogP contribution is -1.83. The molecule has 4 nitrogen and oxygen atoms in total. The Bertz CT molecular complexity index is 676. The van der Waals surface area contributed by atoms with Crippen molar-refractivity contribution in [3.05, 3.63) is 59.8 Å². The maximum Gasteiger partial charge on any atom is 0.226 e. The molecule has 20 heavy (non-hydrogen) atoms. The molecule has 0 unspecified atom stereocenters. The SMILES string of the molecule is Cc1cc(CSCc2coc(-c3ccccc3)n2)on1. The highest BCUT2D eigenvalue weighted by molar-refractivity contribution is 7.97. The number of benzene rings is 1. The summed E-state index contributed by atoms with van der Waals surface area (Å²) in [5.74, 6) is 3.13. The standard InChI is InChI=1S/C15H14N2O2S/c1-11-7-14(19-17-11)10-20-9-13-8-18-15(16-13)12-5-3-2-4-6-12/h2-8H,9-10H2,1H3. The Morgan fingerprint density at radius 1 is 1.15 bits per heavy atom. The summed E-state index contributed by atoms with van der Waals surface area (Å²) < 4.78 is 10.7. The van der Waals surface area contributed by atoms with E-state index >= 15 is 0 Å². The van der Waals surface area contributed by atoms with E-state index in [9.17, 15) is 0 Å². The highest BCUT2D eigenvalue weighted by Gasteiger charge is 2.07. The first-order valence-corrected chi connectivity index (χ1v) is 7.46. The summed E-state index contributed by atoms with van der Waals surface area (Å²) in [6, 6.07) is 11.8. The van der Waals surface area contributed by atoms with Crippen LogP contribution in [0.25, 0.3) is 11.5 Å². The lowest BCUT2D eigenvalue weighted by molar-refractivity contribution is 0.391. The average Bonchev–Trinajstić information content (AvgIpc) is 3.09. The fourth-order valence-corrected chi connectivity index (χ4v) is 2.61. The van der Waals surface area contributed by atoms with Crippen LogP contribution in [-0.4, -0.2) is 10.1 Å². The highest BCUT2D eigenvalue weighted by Crippen LogP contribution is 2.22. The Morgan fingerprint density at radius 2 is 2.00 bits per heavy atom. The number of nitrogens with zero attached hydrogens (tertiary/aromatic N) is 2. The second-order valence-electron chi connectivity index (χ2n) is 4.44. The topological polar surface area (TPSA) is 52.1 Å². The molecule has 0 spiro atoms. The third-order valence-corrected chi connectivity index (χ3v) is 3.73. The number of aryl methyl sites for hydroxylation is 1. The average molecular weight is 286 g/mol. The largest absolute Gasteiger partial charge is 0.444 e. The molecule has 0 saturated carbocycles. The summed E-state index contributed by atoms with van der Waals surface area (Å²) in [6.45, 7) is 1.92. The number of thioether (sulfide) groups is 1. The molecule has 0 radical (unpaired) electrons. The van der Waals surface area contributed by atoms with Gasteiger partial charge in [0.15, 0.2) is 0 Å². The van der Waals surface area contributed by atoms with Gasteiger partial charge in [0, 0.05) is 17.4 Å². The molecule has 0 fully saturated rings. The molecule has 0 aliphatic heterocycles. The first kappa shape index (κ1) is 13.0. The highest BCUT2D eigenvalue weighted by atomic mass is 32.2. The zero-order chi connectivity index (χ0) is 13.8. The minimum absolute atomic E-state index is 0.664. The molecule has 5 heteroatoms. The van der Waals surface area contributed by atoms with Crippen LogP contribution in [0.5, 0.6) is 0 Å². The van der Waals surface area contributed by atoms with Gasteiger partial charge in [-0.05, 0) is 19.1 Å². The zero-order valence-electron chi connectivity index (χ0n) is 11.1. The van der Waals surface area contributed by atoms with Crippen molar-refractivity contribution < 1.29 is 8.94 Å². The second kappa shape index (κ2) is 5.96. The van der Waals surface area contributed by atoms with E-state index in [0.29, 0.717) is 5.89 Å². The van der Waals surface area contributed by atoms with E-state index in [1.165, 1.54) is 0 Å². The normalized spacial score (nSPS) is 10.8. The molecule has 0 aliphatic carbocycles. The second-order valence-corrected chi connectivity index (χ2v) is 5.42. The third-order valence-electron chi connectivity index (χ3n) is 2.74. The van der Waals surface area contributed by atoms with Crippen LogP contribution in [0.3, 0.4) is 0 Å². The number of rotatable bonds is 5. The van der Waals surface area contributed by atoms with E-state index in [4.69, 9.17) is 8.94 Å². The number of hydrogen-bond acceptors (Lipinski definition) is 5. The number of hydrogen-bond donors (Lipinski definition) is 0. The lowest BCUT2D eigenvalue weighted by atomic mass is 10.2. The fourth-order valence-electron chi connectivity index (χ4n) is 1.83. The molecular formula is C15H14N2O2S. The molecule has 3 aromatic rings. The van der Waals surface area contributed by atoms with Gasteiger partial charge in [0.2, 0.25) is 5.89 Å². The summed E-state index contributed by atoms with van der Waals surface area (Å²) in [4.78, 5) is 4.48. The van der Waals surface area contributed by atoms with E-state index in [1.54, 1.807) is 18.0 Å². The van der Waals surface area contributed by atoms with Crippen LogP contribution < -0.4 is 0 Å². The predicted octanol–water partition coefficient (Wildman–Crippen LogP) is 4.07. The molecule has 3 rings (SSSR count). The van der Waals surface area contributed by atoms with Crippen molar-refractivity contribution in [2.45, 2.75) is 18.4 Å². The smallest absolute Gasteiger partial charge is 0.226 e. The van der Waals surface area contributed by atoms with Gasteiger partial charge in [-0.1, -0.05) is 23.4 Å². The van der Waals surface area contributed by atoms with Crippen LogP contribution in [-0.2, 0) is 11.5 Å². The molecule has 0 N–H and O–H groups in total. The summed E-state index contributed by atoms with van der Waals surface area (Å²) in [5, 5.41) is 3.86. The first-order valence-electron chi connectivity index (χ1n) is 6.31. The van der Waals surface area contributed by atoms with Crippen LogP contribution in [0.15, 0.2) is 51.6 Å². The molecule has 1 aromatic carbocycles. The van der Waals surface area contributed by atoms with Crippen LogP contribution >= 0.6 is 11.8 Å². The van der Waals surface area contributed by atoms with E-state index in [2.05, 4.69) is 10.1 Å². The fraction of sp³-hybridized carbons (Fsp3) is 0.200. The monoisotopic (exact) mass is 286 g/mol. The van der Waals surface area contributed by atoms with Crippen LogP contribution in [0, 0.1) is 6.92 Å². The van der Waals surface area contributed by atoms with E-state index in [1.807, 2.05) is 43.3 Å². The molecule has 0 atom stereocenters. The minimum Gasteiger partial charge on any atom is -0.444 e. The van der Waals surface area contributed by atoms with Crippen LogP contribution in [0.4, 0.5) is 0 Å². The molecule has 0 saturated heterocycles. The first-order chi connectivity index (χ1) is 9.81. The summed E-state index contributed by atoms with van der Waals surface area (Å²) in [7, 11) is 0. The van der Waals surface area contributed by atoms with Gasteiger partial charge in [0.1, 0.15) is 12.0 Å². The van der Waals surface area contributed by atoms with Crippen molar-refractivity contribution in [3.63, 3.8) is 0 Å². The van der Waals surface area contributed by atoms with E-state index in [-0.39, 0.29) is 0 Å².